The fourth-order valence-electron chi connectivity index (χ4n) is 4.33. The fourth-order valence-corrected chi connectivity index (χ4v) is 4.51. The minimum atomic E-state index is -0.268. The van der Waals surface area contributed by atoms with E-state index in [0.29, 0.717) is 28.8 Å². The molecule has 6 nitrogen and oxygen atoms in total. The molecule has 1 saturated heterocycles. The minimum absolute atomic E-state index is 0.0551. The van der Waals surface area contributed by atoms with Gasteiger partial charge in [-0.15, -0.1) is 0 Å². The maximum absolute atomic E-state index is 13.7. The zero-order valence-corrected chi connectivity index (χ0v) is 19.2. The first kappa shape index (κ1) is 21.3. The highest BCUT2D eigenvalue weighted by atomic mass is 35.5. The van der Waals surface area contributed by atoms with Gasteiger partial charge in [0.15, 0.2) is 0 Å². The molecule has 1 amide bonds. The summed E-state index contributed by atoms with van der Waals surface area (Å²) in [5.41, 5.74) is 4.96. The number of hydrogen-bond acceptors (Lipinski definition) is 5. The molecule has 5 rings (SSSR count). The summed E-state index contributed by atoms with van der Waals surface area (Å²) in [6.45, 7) is 4.54. The minimum Gasteiger partial charge on any atom is -0.337 e. The quantitative estimate of drug-likeness (QED) is 0.372. The van der Waals surface area contributed by atoms with E-state index in [-0.39, 0.29) is 11.9 Å². The van der Waals surface area contributed by atoms with E-state index in [2.05, 4.69) is 15.1 Å². The van der Waals surface area contributed by atoms with Crippen LogP contribution in [-0.2, 0) is 0 Å². The lowest BCUT2D eigenvalue weighted by molar-refractivity contribution is 0.0710. The van der Waals surface area contributed by atoms with Gasteiger partial charge in [0.2, 0.25) is 11.7 Å². The SMILES string of the molecule is Cc1ccc(-c2ccccn2)c(C(=O)N2CCCC2c2nc(-c3cccc(Cl)c3C)no2)c1. The van der Waals surface area contributed by atoms with Crippen molar-refractivity contribution in [3.05, 3.63) is 88.4 Å². The maximum Gasteiger partial charge on any atom is 0.255 e. The molecule has 4 aromatic rings. The molecule has 1 unspecified atom stereocenters. The lowest BCUT2D eigenvalue weighted by Gasteiger charge is -2.23. The van der Waals surface area contributed by atoms with E-state index in [9.17, 15) is 4.79 Å². The Bertz CT molecular complexity index is 1320. The fraction of sp³-hybridized carbons (Fsp3) is 0.231. The van der Waals surface area contributed by atoms with E-state index >= 15 is 0 Å². The second-order valence-corrected chi connectivity index (χ2v) is 8.70. The Morgan fingerprint density at radius 2 is 1.97 bits per heavy atom. The molecule has 33 heavy (non-hydrogen) atoms. The summed E-state index contributed by atoms with van der Waals surface area (Å²) in [5, 5.41) is 4.84. The molecule has 2 aromatic carbocycles. The normalized spacial score (nSPS) is 15.7. The summed E-state index contributed by atoms with van der Waals surface area (Å²) >= 11 is 6.26. The van der Waals surface area contributed by atoms with Crippen LogP contribution in [0.4, 0.5) is 0 Å². The lowest BCUT2D eigenvalue weighted by atomic mass is 10.00. The lowest BCUT2D eigenvalue weighted by Crippen LogP contribution is -2.31. The number of hydrogen-bond donors (Lipinski definition) is 0. The van der Waals surface area contributed by atoms with Gasteiger partial charge in [-0.05, 0) is 56.5 Å². The largest absolute Gasteiger partial charge is 0.337 e. The van der Waals surface area contributed by atoms with E-state index in [4.69, 9.17) is 16.1 Å². The first-order chi connectivity index (χ1) is 16.0. The number of nitrogens with zero attached hydrogens (tertiary/aromatic N) is 4. The number of amides is 1. The van der Waals surface area contributed by atoms with Crippen LogP contribution in [-0.4, -0.2) is 32.5 Å². The summed E-state index contributed by atoms with van der Waals surface area (Å²) in [5.74, 6) is 0.872. The number of carbonyl (C=O) groups is 1. The van der Waals surface area contributed by atoms with Crippen molar-refractivity contribution in [3.8, 4) is 22.6 Å². The van der Waals surface area contributed by atoms with Crippen LogP contribution in [0.15, 0.2) is 65.3 Å². The van der Waals surface area contributed by atoms with Crippen LogP contribution in [0.1, 0.15) is 46.3 Å². The van der Waals surface area contributed by atoms with Crippen molar-refractivity contribution in [2.75, 3.05) is 6.54 Å². The number of benzene rings is 2. The molecular formula is C26H23ClN4O2. The van der Waals surface area contributed by atoms with Crippen LogP contribution in [0.3, 0.4) is 0 Å². The highest BCUT2D eigenvalue weighted by Gasteiger charge is 2.35. The molecule has 0 aliphatic carbocycles. The average molecular weight is 459 g/mol. The van der Waals surface area contributed by atoms with Crippen LogP contribution < -0.4 is 0 Å². The zero-order valence-electron chi connectivity index (χ0n) is 18.5. The Kier molecular flexibility index (Phi) is 5.68. The monoisotopic (exact) mass is 458 g/mol. The van der Waals surface area contributed by atoms with Gasteiger partial charge in [-0.1, -0.05) is 52.7 Å². The Balaban J connectivity index is 1.48. The number of rotatable bonds is 4. The molecule has 1 atom stereocenters. The molecule has 7 heteroatoms. The van der Waals surface area contributed by atoms with Gasteiger partial charge in [0.1, 0.15) is 6.04 Å². The number of carbonyl (C=O) groups excluding carboxylic acids is 1. The van der Waals surface area contributed by atoms with Gasteiger partial charge in [0, 0.05) is 34.5 Å². The summed E-state index contributed by atoms with van der Waals surface area (Å²) in [6, 6.07) is 16.9. The number of aromatic nitrogens is 3. The number of halogens is 1. The van der Waals surface area contributed by atoms with E-state index in [1.165, 1.54) is 0 Å². The molecule has 0 bridgehead atoms. The second kappa shape index (κ2) is 8.79. The highest BCUT2D eigenvalue weighted by Crippen LogP contribution is 2.36. The van der Waals surface area contributed by atoms with Gasteiger partial charge in [0.25, 0.3) is 5.91 Å². The molecule has 0 radical (unpaired) electrons. The van der Waals surface area contributed by atoms with Crippen LogP contribution in [0.25, 0.3) is 22.6 Å². The van der Waals surface area contributed by atoms with E-state index in [0.717, 1.165) is 40.8 Å². The second-order valence-electron chi connectivity index (χ2n) is 8.29. The van der Waals surface area contributed by atoms with E-state index in [1.54, 1.807) is 6.20 Å². The Morgan fingerprint density at radius 3 is 2.79 bits per heavy atom. The molecule has 3 heterocycles. The van der Waals surface area contributed by atoms with Gasteiger partial charge >= 0.3 is 0 Å². The topological polar surface area (TPSA) is 72.1 Å². The molecule has 0 spiro atoms. The van der Waals surface area contributed by atoms with Gasteiger partial charge < -0.3 is 9.42 Å². The molecule has 0 saturated carbocycles. The van der Waals surface area contributed by atoms with Crippen molar-refractivity contribution in [1.29, 1.82) is 0 Å². The third-order valence-corrected chi connectivity index (χ3v) is 6.50. The Hall–Kier alpha value is -3.51. The molecule has 2 aromatic heterocycles. The predicted octanol–water partition coefficient (Wildman–Crippen LogP) is 6.05. The summed E-state index contributed by atoms with van der Waals surface area (Å²) < 4.78 is 5.64. The molecule has 1 aliphatic heterocycles. The smallest absolute Gasteiger partial charge is 0.255 e. The first-order valence-electron chi connectivity index (χ1n) is 10.9. The number of likely N-dealkylation sites (tertiary alicyclic amines) is 1. The van der Waals surface area contributed by atoms with Crippen molar-refractivity contribution in [2.45, 2.75) is 32.7 Å². The van der Waals surface area contributed by atoms with Crippen LogP contribution >= 0.6 is 11.6 Å². The average Bonchev–Trinajstić information content (AvgIpc) is 3.51. The molecule has 1 aliphatic rings. The summed E-state index contributed by atoms with van der Waals surface area (Å²) in [6.07, 6.45) is 3.38. The van der Waals surface area contributed by atoms with Crippen molar-refractivity contribution in [2.24, 2.45) is 0 Å². The third kappa shape index (κ3) is 4.02. The maximum atomic E-state index is 13.7. The summed E-state index contributed by atoms with van der Waals surface area (Å²) in [7, 11) is 0. The van der Waals surface area contributed by atoms with E-state index < -0.39 is 0 Å². The first-order valence-corrected chi connectivity index (χ1v) is 11.3. The summed E-state index contributed by atoms with van der Waals surface area (Å²) in [4.78, 5) is 24.7. The Morgan fingerprint density at radius 1 is 1.09 bits per heavy atom. The Labute approximate surface area is 197 Å². The predicted molar refractivity (Wildman–Crippen MR) is 127 cm³/mol. The number of aryl methyl sites for hydroxylation is 1. The van der Waals surface area contributed by atoms with Gasteiger partial charge in [0.05, 0.1) is 5.69 Å². The van der Waals surface area contributed by atoms with Crippen LogP contribution in [0.2, 0.25) is 5.02 Å². The van der Waals surface area contributed by atoms with Crippen molar-refractivity contribution in [1.82, 2.24) is 20.0 Å². The van der Waals surface area contributed by atoms with Gasteiger partial charge in [-0.25, -0.2) is 0 Å². The van der Waals surface area contributed by atoms with Crippen molar-refractivity contribution >= 4 is 17.5 Å². The van der Waals surface area contributed by atoms with Crippen molar-refractivity contribution in [3.63, 3.8) is 0 Å². The number of pyridine rings is 1. The van der Waals surface area contributed by atoms with Gasteiger partial charge in [-0.3, -0.25) is 9.78 Å². The molecule has 166 valence electrons. The van der Waals surface area contributed by atoms with E-state index in [1.807, 2.05) is 73.3 Å². The van der Waals surface area contributed by atoms with Crippen LogP contribution in [0.5, 0.6) is 0 Å². The highest BCUT2D eigenvalue weighted by molar-refractivity contribution is 6.31. The molecule has 1 fully saturated rings. The van der Waals surface area contributed by atoms with Gasteiger partial charge in [-0.2, -0.15) is 4.98 Å². The van der Waals surface area contributed by atoms with Crippen molar-refractivity contribution < 1.29 is 9.32 Å². The third-order valence-electron chi connectivity index (χ3n) is 6.10. The van der Waals surface area contributed by atoms with Crippen LogP contribution in [0, 0.1) is 13.8 Å². The standard InChI is InChI=1S/C26H23ClN4O2/c1-16-11-12-19(22-9-3-4-13-28-22)20(15-16)26(32)31-14-6-10-23(31)25-29-24(30-33-25)18-7-5-8-21(27)17(18)2/h3-5,7-9,11-13,15,23H,6,10,14H2,1-2H3. The zero-order chi connectivity index (χ0) is 22.9. The molecule has 0 N–H and O–H groups in total. The molecular weight excluding hydrogens is 436 g/mol.